The van der Waals surface area contributed by atoms with Crippen molar-refractivity contribution in [2.24, 2.45) is 0 Å². The van der Waals surface area contributed by atoms with Crippen molar-refractivity contribution in [2.75, 3.05) is 5.32 Å². The molecular formula is C20H14BrN3O3. The van der Waals surface area contributed by atoms with Crippen LogP contribution in [-0.2, 0) is 0 Å². The fourth-order valence-corrected chi connectivity index (χ4v) is 2.79. The number of aromatic nitrogens is 2. The highest BCUT2D eigenvalue weighted by Gasteiger charge is 2.13. The first-order chi connectivity index (χ1) is 13.1. The van der Waals surface area contributed by atoms with Gasteiger partial charge in [0.05, 0.1) is 0 Å². The number of nitrogens with zero attached hydrogens (tertiary/aromatic N) is 2. The summed E-state index contributed by atoms with van der Waals surface area (Å²) in [5.74, 6) is 0.850. The third-order valence-corrected chi connectivity index (χ3v) is 4.35. The summed E-state index contributed by atoms with van der Waals surface area (Å²) in [6.07, 6.45) is 0. The number of amides is 1. The molecule has 0 fully saturated rings. The highest BCUT2D eigenvalue weighted by molar-refractivity contribution is 9.10. The summed E-state index contributed by atoms with van der Waals surface area (Å²) in [5, 5.41) is 6.80. The fourth-order valence-electron chi connectivity index (χ4n) is 2.49. The summed E-state index contributed by atoms with van der Waals surface area (Å²) in [7, 11) is 0. The number of hydrogen-bond donors (Lipinski definition) is 1. The Bertz CT molecular complexity index is 1080. The Kier molecular flexibility index (Phi) is 4.60. The number of aryl methyl sites for hydroxylation is 1. The Balaban J connectivity index is 1.49. The molecule has 2 heterocycles. The molecule has 2 aromatic heterocycles. The zero-order valence-electron chi connectivity index (χ0n) is 14.3. The van der Waals surface area contributed by atoms with Crippen molar-refractivity contribution >= 4 is 27.5 Å². The summed E-state index contributed by atoms with van der Waals surface area (Å²) >= 11 is 3.17. The van der Waals surface area contributed by atoms with Crippen LogP contribution < -0.4 is 5.32 Å². The Hall–Kier alpha value is -3.19. The van der Waals surface area contributed by atoms with Gasteiger partial charge in [0, 0.05) is 16.8 Å². The van der Waals surface area contributed by atoms with Crippen LogP contribution in [0.1, 0.15) is 16.1 Å². The molecule has 0 radical (unpaired) electrons. The van der Waals surface area contributed by atoms with Crippen LogP contribution in [0.3, 0.4) is 0 Å². The Morgan fingerprint density at radius 2 is 1.67 bits per heavy atom. The SMILES string of the molecule is Cc1ccc(-c2noc(-c3ccc(NC(=O)c4ccc(Br)o4)cc3)n2)cc1. The zero-order chi connectivity index (χ0) is 18.8. The van der Waals surface area contributed by atoms with Crippen LogP contribution in [0.2, 0.25) is 0 Å². The van der Waals surface area contributed by atoms with E-state index in [1.54, 1.807) is 36.4 Å². The number of benzene rings is 2. The first kappa shape index (κ1) is 17.2. The highest BCUT2D eigenvalue weighted by Crippen LogP contribution is 2.24. The fraction of sp³-hybridized carbons (Fsp3) is 0.0500. The van der Waals surface area contributed by atoms with Crippen molar-refractivity contribution in [1.29, 1.82) is 0 Å². The largest absolute Gasteiger partial charge is 0.444 e. The monoisotopic (exact) mass is 423 g/mol. The maximum absolute atomic E-state index is 12.1. The van der Waals surface area contributed by atoms with E-state index in [1.807, 2.05) is 31.2 Å². The van der Waals surface area contributed by atoms with E-state index in [9.17, 15) is 4.79 Å². The lowest BCUT2D eigenvalue weighted by molar-refractivity contribution is 0.0995. The normalized spacial score (nSPS) is 10.7. The van der Waals surface area contributed by atoms with Gasteiger partial charge in [-0.25, -0.2) is 0 Å². The molecule has 6 nitrogen and oxygen atoms in total. The van der Waals surface area contributed by atoms with Crippen LogP contribution in [0.15, 0.2) is 74.3 Å². The molecule has 2 aromatic carbocycles. The Morgan fingerprint density at radius 1 is 0.963 bits per heavy atom. The molecule has 0 saturated heterocycles. The van der Waals surface area contributed by atoms with Crippen molar-refractivity contribution < 1.29 is 13.7 Å². The molecule has 7 heteroatoms. The van der Waals surface area contributed by atoms with Crippen LogP contribution in [0.25, 0.3) is 22.8 Å². The summed E-state index contributed by atoms with van der Waals surface area (Å²) < 4.78 is 11.1. The number of halogens is 1. The molecule has 134 valence electrons. The minimum absolute atomic E-state index is 0.227. The van der Waals surface area contributed by atoms with Crippen LogP contribution in [0, 0.1) is 6.92 Å². The molecule has 0 aliphatic carbocycles. The van der Waals surface area contributed by atoms with Crippen LogP contribution in [0.5, 0.6) is 0 Å². The molecule has 1 amide bonds. The van der Waals surface area contributed by atoms with Crippen molar-refractivity contribution in [3.05, 3.63) is 76.7 Å². The summed E-state index contributed by atoms with van der Waals surface area (Å²) in [5.41, 5.74) is 3.46. The quantitative estimate of drug-likeness (QED) is 0.480. The van der Waals surface area contributed by atoms with E-state index in [0.29, 0.717) is 22.1 Å². The van der Waals surface area contributed by atoms with E-state index >= 15 is 0 Å². The van der Waals surface area contributed by atoms with Crippen LogP contribution in [0.4, 0.5) is 5.69 Å². The van der Waals surface area contributed by atoms with Gasteiger partial charge in [-0.3, -0.25) is 4.79 Å². The molecule has 4 aromatic rings. The van der Waals surface area contributed by atoms with Gasteiger partial charge in [0.1, 0.15) is 0 Å². The maximum atomic E-state index is 12.1. The minimum Gasteiger partial charge on any atom is -0.444 e. The Morgan fingerprint density at radius 3 is 2.33 bits per heavy atom. The van der Waals surface area contributed by atoms with Gasteiger partial charge in [0.15, 0.2) is 10.4 Å². The third kappa shape index (κ3) is 3.83. The number of carbonyl (C=O) groups excluding carboxylic acids is 1. The second-order valence-electron chi connectivity index (χ2n) is 5.92. The number of rotatable bonds is 4. The number of furan rings is 1. The lowest BCUT2D eigenvalue weighted by Crippen LogP contribution is -2.10. The molecule has 0 aliphatic rings. The van der Waals surface area contributed by atoms with E-state index < -0.39 is 0 Å². The lowest BCUT2D eigenvalue weighted by Gasteiger charge is -2.03. The number of carbonyl (C=O) groups is 1. The first-order valence-corrected chi connectivity index (χ1v) is 8.96. The molecule has 0 bridgehead atoms. The molecule has 4 rings (SSSR count). The maximum Gasteiger partial charge on any atom is 0.291 e. The van der Waals surface area contributed by atoms with E-state index in [1.165, 1.54) is 5.56 Å². The number of anilines is 1. The standard InChI is InChI=1S/C20H14BrN3O3/c1-12-2-4-13(5-3-12)18-23-20(27-24-18)14-6-8-15(9-7-14)22-19(25)16-10-11-17(21)26-16/h2-11H,1H3,(H,22,25). The van der Waals surface area contributed by atoms with Crippen molar-refractivity contribution in [2.45, 2.75) is 6.92 Å². The third-order valence-electron chi connectivity index (χ3n) is 3.92. The zero-order valence-corrected chi connectivity index (χ0v) is 15.9. The van der Waals surface area contributed by atoms with Crippen molar-refractivity contribution in [1.82, 2.24) is 10.1 Å². The molecule has 0 saturated carbocycles. The van der Waals surface area contributed by atoms with Gasteiger partial charge in [0.25, 0.3) is 11.8 Å². The smallest absolute Gasteiger partial charge is 0.291 e. The second-order valence-corrected chi connectivity index (χ2v) is 6.71. The van der Waals surface area contributed by atoms with Crippen LogP contribution >= 0.6 is 15.9 Å². The topological polar surface area (TPSA) is 81.2 Å². The van der Waals surface area contributed by atoms with E-state index in [2.05, 4.69) is 31.4 Å². The van der Waals surface area contributed by atoms with Gasteiger partial charge in [-0.05, 0) is 59.3 Å². The van der Waals surface area contributed by atoms with Gasteiger partial charge >= 0.3 is 0 Å². The number of hydrogen-bond acceptors (Lipinski definition) is 5. The first-order valence-electron chi connectivity index (χ1n) is 8.16. The van der Waals surface area contributed by atoms with Gasteiger partial charge in [-0.15, -0.1) is 0 Å². The molecular weight excluding hydrogens is 410 g/mol. The second kappa shape index (κ2) is 7.20. The summed E-state index contributed by atoms with van der Waals surface area (Å²) in [6.45, 7) is 2.02. The van der Waals surface area contributed by atoms with Gasteiger partial charge in [-0.2, -0.15) is 4.98 Å². The predicted octanol–water partition coefficient (Wildman–Crippen LogP) is 5.32. The van der Waals surface area contributed by atoms with Crippen LogP contribution in [-0.4, -0.2) is 16.0 Å². The van der Waals surface area contributed by atoms with Gasteiger partial charge < -0.3 is 14.3 Å². The highest BCUT2D eigenvalue weighted by atomic mass is 79.9. The molecule has 27 heavy (non-hydrogen) atoms. The average Bonchev–Trinajstić information content (AvgIpc) is 3.32. The van der Waals surface area contributed by atoms with Crippen molar-refractivity contribution in [3.8, 4) is 22.8 Å². The molecule has 0 unspecified atom stereocenters. The van der Waals surface area contributed by atoms with E-state index in [0.717, 1.165) is 11.1 Å². The summed E-state index contributed by atoms with van der Waals surface area (Å²) in [4.78, 5) is 16.5. The molecule has 0 atom stereocenters. The van der Waals surface area contributed by atoms with E-state index in [-0.39, 0.29) is 11.7 Å². The average molecular weight is 424 g/mol. The van der Waals surface area contributed by atoms with E-state index in [4.69, 9.17) is 8.94 Å². The Labute approximate surface area is 163 Å². The lowest BCUT2D eigenvalue weighted by atomic mass is 10.1. The van der Waals surface area contributed by atoms with Gasteiger partial charge in [0.2, 0.25) is 5.82 Å². The van der Waals surface area contributed by atoms with Gasteiger partial charge in [-0.1, -0.05) is 35.0 Å². The van der Waals surface area contributed by atoms with Crippen molar-refractivity contribution in [3.63, 3.8) is 0 Å². The predicted molar refractivity (Wildman–Crippen MR) is 104 cm³/mol. The molecule has 0 aliphatic heterocycles. The summed E-state index contributed by atoms with van der Waals surface area (Å²) in [6, 6.07) is 18.3. The number of nitrogens with one attached hydrogen (secondary N) is 1. The minimum atomic E-state index is -0.326. The molecule has 1 N–H and O–H groups in total. The molecule has 0 spiro atoms.